The molecule has 0 aromatic heterocycles. The quantitative estimate of drug-likeness (QED) is 0.397. The lowest BCUT2D eigenvalue weighted by molar-refractivity contribution is -0.154. The van der Waals surface area contributed by atoms with Crippen LogP contribution in [-0.4, -0.2) is 65.4 Å². The molecule has 1 atom stereocenters. The van der Waals surface area contributed by atoms with E-state index in [2.05, 4.69) is 5.32 Å². The van der Waals surface area contributed by atoms with E-state index in [4.69, 9.17) is 9.84 Å². The van der Waals surface area contributed by atoms with Gasteiger partial charge in [0.15, 0.2) is 6.10 Å². The van der Waals surface area contributed by atoms with E-state index in [-0.39, 0.29) is 25.6 Å². The molecule has 2 amide bonds. The van der Waals surface area contributed by atoms with Gasteiger partial charge in [-0.2, -0.15) is 0 Å². The van der Waals surface area contributed by atoms with Crippen molar-refractivity contribution in [2.45, 2.75) is 39.7 Å². The zero-order valence-electron chi connectivity index (χ0n) is 13.4. The average Bonchev–Trinajstić information content (AvgIpc) is 2.43. The molecule has 0 heterocycles. The van der Waals surface area contributed by atoms with Crippen molar-refractivity contribution in [1.29, 1.82) is 0 Å². The van der Waals surface area contributed by atoms with E-state index in [9.17, 15) is 19.5 Å². The van der Waals surface area contributed by atoms with E-state index in [1.54, 1.807) is 0 Å². The van der Waals surface area contributed by atoms with Crippen molar-refractivity contribution in [3.63, 3.8) is 0 Å². The number of nitrogens with zero attached hydrogens (tertiary/aromatic N) is 1. The van der Waals surface area contributed by atoms with E-state index in [1.165, 1.54) is 4.90 Å². The minimum Gasteiger partial charge on any atom is -0.480 e. The summed E-state index contributed by atoms with van der Waals surface area (Å²) in [6.07, 6.45) is 0.111. The van der Waals surface area contributed by atoms with Gasteiger partial charge >= 0.3 is 18.0 Å². The molecule has 1 unspecified atom stereocenters. The van der Waals surface area contributed by atoms with Gasteiger partial charge in [-0.3, -0.25) is 4.79 Å². The molecule has 0 aliphatic heterocycles. The molecule has 0 aliphatic rings. The van der Waals surface area contributed by atoms with Gasteiger partial charge in [0, 0.05) is 6.54 Å². The van der Waals surface area contributed by atoms with Gasteiger partial charge in [0.25, 0.3) is 0 Å². The number of unbranched alkanes of at least 4 members (excludes halogenated alkanes) is 1. The van der Waals surface area contributed by atoms with Crippen molar-refractivity contribution in [2.24, 2.45) is 5.92 Å². The van der Waals surface area contributed by atoms with Gasteiger partial charge in [-0.15, -0.1) is 0 Å². The minimum atomic E-state index is -1.45. The van der Waals surface area contributed by atoms with Crippen LogP contribution in [0.3, 0.4) is 0 Å². The summed E-state index contributed by atoms with van der Waals surface area (Å²) in [4.78, 5) is 35.2. The predicted octanol–water partition coefficient (Wildman–Crippen LogP) is 0.443. The van der Waals surface area contributed by atoms with Crippen molar-refractivity contribution < 1.29 is 29.3 Å². The van der Waals surface area contributed by atoms with Gasteiger partial charge in [-0.25, -0.2) is 9.59 Å². The second-order valence-corrected chi connectivity index (χ2v) is 5.39. The number of rotatable bonds is 10. The SMILES string of the molecule is CCCCOC(=O)C(O)CN(CC(C)C)C(=O)NCC(=O)O. The second kappa shape index (κ2) is 10.8. The smallest absolute Gasteiger partial charge is 0.336 e. The fourth-order valence-corrected chi connectivity index (χ4v) is 1.64. The Morgan fingerprint density at radius 2 is 1.86 bits per heavy atom. The highest BCUT2D eigenvalue weighted by Crippen LogP contribution is 2.03. The zero-order valence-corrected chi connectivity index (χ0v) is 13.4. The number of aliphatic carboxylic acids is 1. The van der Waals surface area contributed by atoms with E-state index in [1.807, 2.05) is 20.8 Å². The maximum atomic E-state index is 11.9. The Morgan fingerprint density at radius 1 is 1.23 bits per heavy atom. The summed E-state index contributed by atoms with van der Waals surface area (Å²) >= 11 is 0. The van der Waals surface area contributed by atoms with Gasteiger partial charge in [0.05, 0.1) is 13.2 Å². The van der Waals surface area contributed by atoms with Crippen LogP contribution >= 0.6 is 0 Å². The monoisotopic (exact) mass is 318 g/mol. The highest BCUT2D eigenvalue weighted by atomic mass is 16.5. The standard InChI is InChI=1S/C14H26N2O6/c1-4-5-6-22-13(20)11(17)9-16(8-10(2)3)14(21)15-7-12(18)19/h10-11,17H,4-9H2,1-3H3,(H,15,21)(H,18,19). The summed E-state index contributed by atoms with van der Waals surface area (Å²) in [5, 5.41) is 20.6. The molecule has 0 spiro atoms. The van der Waals surface area contributed by atoms with Crippen LogP contribution in [0.1, 0.15) is 33.6 Å². The molecule has 0 radical (unpaired) electrons. The number of carboxylic acids is 1. The van der Waals surface area contributed by atoms with Crippen LogP contribution in [0.2, 0.25) is 0 Å². The number of carbonyl (C=O) groups excluding carboxylic acids is 2. The van der Waals surface area contributed by atoms with Crippen LogP contribution in [0.15, 0.2) is 0 Å². The number of aliphatic hydroxyl groups is 1. The molecule has 8 nitrogen and oxygen atoms in total. The van der Waals surface area contributed by atoms with Crippen molar-refractivity contribution in [2.75, 3.05) is 26.2 Å². The summed E-state index contributed by atoms with van der Waals surface area (Å²) in [6.45, 7) is 5.42. The van der Waals surface area contributed by atoms with Crippen LogP contribution < -0.4 is 5.32 Å². The third-order valence-corrected chi connectivity index (χ3v) is 2.67. The predicted molar refractivity (Wildman–Crippen MR) is 79.3 cm³/mol. The van der Waals surface area contributed by atoms with Crippen LogP contribution in [0.5, 0.6) is 0 Å². The number of aliphatic hydroxyl groups excluding tert-OH is 1. The fraction of sp³-hybridized carbons (Fsp3) is 0.786. The average molecular weight is 318 g/mol. The Kier molecular flexibility index (Phi) is 9.93. The highest BCUT2D eigenvalue weighted by Gasteiger charge is 2.24. The van der Waals surface area contributed by atoms with Crippen LogP contribution in [0, 0.1) is 5.92 Å². The van der Waals surface area contributed by atoms with E-state index >= 15 is 0 Å². The molecule has 0 fully saturated rings. The van der Waals surface area contributed by atoms with E-state index < -0.39 is 30.6 Å². The number of nitrogens with one attached hydrogen (secondary N) is 1. The molecule has 0 rings (SSSR count). The van der Waals surface area contributed by atoms with Gasteiger partial charge in [0.1, 0.15) is 6.54 Å². The van der Waals surface area contributed by atoms with E-state index in [0.29, 0.717) is 6.42 Å². The molecule has 0 aromatic carbocycles. The maximum absolute atomic E-state index is 11.9. The summed E-state index contributed by atoms with van der Waals surface area (Å²) in [5.74, 6) is -1.86. The summed E-state index contributed by atoms with van der Waals surface area (Å²) in [6, 6.07) is -0.642. The summed E-state index contributed by atoms with van der Waals surface area (Å²) < 4.78 is 4.89. The number of carbonyl (C=O) groups is 3. The first-order valence-corrected chi connectivity index (χ1v) is 7.37. The van der Waals surface area contributed by atoms with Crippen molar-refractivity contribution in [3.05, 3.63) is 0 Å². The van der Waals surface area contributed by atoms with Crippen molar-refractivity contribution in [3.8, 4) is 0 Å². The number of carboxylic acid groups (broad SMARTS) is 1. The Morgan fingerprint density at radius 3 is 2.36 bits per heavy atom. The second-order valence-electron chi connectivity index (χ2n) is 5.39. The lowest BCUT2D eigenvalue weighted by Gasteiger charge is -2.26. The summed E-state index contributed by atoms with van der Waals surface area (Å²) in [5.41, 5.74) is 0. The molecule has 0 saturated carbocycles. The van der Waals surface area contributed by atoms with Crippen LogP contribution in [-0.2, 0) is 14.3 Å². The Hall–Kier alpha value is -1.83. The molecule has 0 aromatic rings. The first kappa shape index (κ1) is 20.2. The molecule has 8 heteroatoms. The van der Waals surface area contributed by atoms with Crippen molar-refractivity contribution >= 4 is 18.0 Å². The molecule has 3 N–H and O–H groups in total. The number of urea groups is 1. The molecule has 128 valence electrons. The molecule has 22 heavy (non-hydrogen) atoms. The van der Waals surface area contributed by atoms with Gasteiger partial charge in [-0.05, 0) is 12.3 Å². The number of esters is 1. The minimum absolute atomic E-state index is 0.0962. The van der Waals surface area contributed by atoms with Gasteiger partial charge in [-0.1, -0.05) is 27.2 Å². The number of hydrogen-bond acceptors (Lipinski definition) is 5. The van der Waals surface area contributed by atoms with E-state index in [0.717, 1.165) is 6.42 Å². The normalized spacial score (nSPS) is 11.9. The molecule has 0 bridgehead atoms. The van der Waals surface area contributed by atoms with Gasteiger partial charge in [0.2, 0.25) is 0 Å². The van der Waals surface area contributed by atoms with Crippen LogP contribution in [0.25, 0.3) is 0 Å². The van der Waals surface area contributed by atoms with Gasteiger partial charge < -0.3 is 25.2 Å². The Labute approximate surface area is 130 Å². The number of hydrogen-bond donors (Lipinski definition) is 3. The highest BCUT2D eigenvalue weighted by molar-refractivity contribution is 5.81. The topological polar surface area (TPSA) is 116 Å². The maximum Gasteiger partial charge on any atom is 0.336 e. The summed E-state index contributed by atoms with van der Waals surface area (Å²) in [7, 11) is 0. The lowest BCUT2D eigenvalue weighted by atomic mass is 10.2. The molecule has 0 saturated heterocycles. The first-order valence-electron chi connectivity index (χ1n) is 7.37. The Bertz CT molecular complexity index is 372. The molecular weight excluding hydrogens is 292 g/mol. The number of amides is 2. The zero-order chi connectivity index (χ0) is 17.1. The number of ether oxygens (including phenoxy) is 1. The Balaban J connectivity index is 4.52. The molecular formula is C14H26N2O6. The fourth-order valence-electron chi connectivity index (χ4n) is 1.64. The lowest BCUT2D eigenvalue weighted by Crippen LogP contribution is -2.48. The first-order chi connectivity index (χ1) is 10.3. The largest absolute Gasteiger partial charge is 0.480 e. The van der Waals surface area contributed by atoms with Crippen molar-refractivity contribution in [1.82, 2.24) is 10.2 Å². The third-order valence-electron chi connectivity index (χ3n) is 2.67. The third kappa shape index (κ3) is 9.17. The molecule has 0 aliphatic carbocycles. The van der Waals surface area contributed by atoms with Crippen LogP contribution in [0.4, 0.5) is 4.79 Å².